The zero-order valence-electron chi connectivity index (χ0n) is 16.2. The summed E-state index contributed by atoms with van der Waals surface area (Å²) in [7, 11) is 0. The lowest BCUT2D eigenvalue weighted by molar-refractivity contribution is -0.383. The first kappa shape index (κ1) is 21.6. The maximum absolute atomic E-state index is 12.6. The van der Waals surface area contributed by atoms with E-state index in [0.717, 1.165) is 12.8 Å². The molecular weight excluding hydrogens is 451 g/mol. The Morgan fingerprint density at radius 1 is 1.12 bits per heavy atom. The average Bonchev–Trinajstić information content (AvgIpc) is 3.50. The van der Waals surface area contributed by atoms with Crippen molar-refractivity contribution in [2.24, 2.45) is 0 Å². The van der Waals surface area contributed by atoms with Crippen molar-refractivity contribution in [3.63, 3.8) is 0 Å². The van der Waals surface area contributed by atoms with Crippen molar-refractivity contribution in [1.29, 1.82) is 0 Å². The van der Waals surface area contributed by atoms with Gasteiger partial charge in [0.15, 0.2) is 0 Å². The van der Waals surface area contributed by atoms with Crippen LogP contribution in [0.2, 0.25) is 5.02 Å². The molecule has 0 spiro atoms. The van der Waals surface area contributed by atoms with Crippen LogP contribution >= 0.6 is 11.6 Å². The highest BCUT2D eigenvalue weighted by molar-refractivity contribution is 6.31. The summed E-state index contributed by atoms with van der Waals surface area (Å²) in [5.74, 6) is 0.0373. The molecule has 1 aromatic heterocycles. The SMILES string of the molecule is O=[N+]([O-])c1ccc(Cl)cc1Nc1cc(-c2cccc(OC(F)(F)F)c2)nc(NC2CC2)n1. The van der Waals surface area contributed by atoms with Crippen LogP contribution in [0.25, 0.3) is 11.3 Å². The van der Waals surface area contributed by atoms with Crippen molar-refractivity contribution in [2.75, 3.05) is 10.6 Å². The number of nitro groups is 1. The molecule has 0 saturated heterocycles. The molecule has 3 aromatic rings. The molecule has 0 amide bonds. The fraction of sp³-hybridized carbons (Fsp3) is 0.200. The summed E-state index contributed by atoms with van der Waals surface area (Å²) in [6.45, 7) is 0. The largest absolute Gasteiger partial charge is 0.573 e. The van der Waals surface area contributed by atoms with E-state index >= 15 is 0 Å². The summed E-state index contributed by atoms with van der Waals surface area (Å²) in [5.41, 5.74) is 0.533. The number of alkyl halides is 3. The Morgan fingerprint density at radius 3 is 2.59 bits per heavy atom. The third kappa shape index (κ3) is 5.55. The predicted octanol–water partition coefficient (Wildman–Crippen LogP) is 5.92. The Labute approximate surface area is 184 Å². The molecule has 0 bridgehead atoms. The quantitative estimate of drug-likeness (QED) is 0.329. The Kier molecular flexibility index (Phi) is 5.74. The molecule has 2 aromatic carbocycles. The number of aromatic nitrogens is 2. The summed E-state index contributed by atoms with van der Waals surface area (Å²) >= 11 is 5.98. The maximum Gasteiger partial charge on any atom is 0.573 e. The molecule has 2 N–H and O–H groups in total. The first-order valence-corrected chi connectivity index (χ1v) is 9.77. The van der Waals surface area contributed by atoms with Gasteiger partial charge in [-0.25, -0.2) is 4.98 Å². The van der Waals surface area contributed by atoms with Crippen LogP contribution in [0.5, 0.6) is 5.75 Å². The summed E-state index contributed by atoms with van der Waals surface area (Å²) in [5, 5.41) is 17.6. The lowest BCUT2D eigenvalue weighted by atomic mass is 10.1. The summed E-state index contributed by atoms with van der Waals surface area (Å²) in [6.07, 6.45) is -2.96. The van der Waals surface area contributed by atoms with Gasteiger partial charge < -0.3 is 15.4 Å². The van der Waals surface area contributed by atoms with Crippen LogP contribution in [0.15, 0.2) is 48.5 Å². The van der Waals surface area contributed by atoms with Gasteiger partial charge in [0.2, 0.25) is 5.95 Å². The number of halogens is 4. The number of benzene rings is 2. The van der Waals surface area contributed by atoms with E-state index in [1.54, 1.807) is 6.07 Å². The molecule has 8 nitrogen and oxygen atoms in total. The summed E-state index contributed by atoms with van der Waals surface area (Å²) in [6, 6.07) is 11.0. The first-order valence-electron chi connectivity index (χ1n) is 9.39. The van der Waals surface area contributed by atoms with Gasteiger partial charge >= 0.3 is 6.36 Å². The van der Waals surface area contributed by atoms with Gasteiger partial charge in [-0.3, -0.25) is 10.1 Å². The second-order valence-corrected chi connectivity index (χ2v) is 7.44. The molecule has 1 aliphatic rings. The van der Waals surface area contributed by atoms with Crippen molar-refractivity contribution in [3.8, 4) is 17.0 Å². The number of nitrogens with one attached hydrogen (secondary N) is 2. The van der Waals surface area contributed by atoms with Crippen LogP contribution in [0.1, 0.15) is 12.8 Å². The van der Waals surface area contributed by atoms with E-state index in [1.165, 1.54) is 42.5 Å². The minimum atomic E-state index is -4.83. The summed E-state index contributed by atoms with van der Waals surface area (Å²) < 4.78 is 41.8. The van der Waals surface area contributed by atoms with Crippen LogP contribution < -0.4 is 15.4 Å². The zero-order chi connectivity index (χ0) is 22.9. The highest BCUT2D eigenvalue weighted by atomic mass is 35.5. The van der Waals surface area contributed by atoms with Crippen LogP contribution in [-0.4, -0.2) is 27.3 Å². The second kappa shape index (κ2) is 8.50. The van der Waals surface area contributed by atoms with Gasteiger partial charge in [0.05, 0.1) is 10.6 Å². The standard InChI is InChI=1S/C20H15ClF3N5O3/c21-12-4-7-17(29(30)31)16(9-12)26-18-10-15(27-19(28-18)25-13-5-6-13)11-2-1-3-14(8-11)32-20(22,23)24/h1-4,7-10,13H,5-6H2,(H2,25,26,27,28). The highest BCUT2D eigenvalue weighted by Crippen LogP contribution is 2.33. The first-order chi connectivity index (χ1) is 15.2. The fourth-order valence-electron chi connectivity index (χ4n) is 2.89. The zero-order valence-corrected chi connectivity index (χ0v) is 16.9. The van der Waals surface area contributed by atoms with E-state index in [9.17, 15) is 23.3 Å². The third-order valence-corrected chi connectivity index (χ3v) is 4.65. The molecule has 0 aliphatic heterocycles. The van der Waals surface area contributed by atoms with Crippen LogP contribution in [0.4, 0.5) is 36.3 Å². The molecule has 166 valence electrons. The number of nitrogens with zero attached hydrogens (tertiary/aromatic N) is 3. The van der Waals surface area contributed by atoms with E-state index in [-0.39, 0.29) is 34.2 Å². The van der Waals surface area contributed by atoms with Gasteiger partial charge in [-0.15, -0.1) is 13.2 Å². The lowest BCUT2D eigenvalue weighted by Gasteiger charge is -2.13. The normalized spacial score (nSPS) is 13.5. The van der Waals surface area contributed by atoms with E-state index < -0.39 is 17.0 Å². The Balaban J connectivity index is 1.72. The van der Waals surface area contributed by atoms with Gasteiger partial charge in [-0.2, -0.15) is 4.98 Å². The third-order valence-electron chi connectivity index (χ3n) is 4.42. The molecule has 1 heterocycles. The van der Waals surface area contributed by atoms with Crippen LogP contribution in [0, 0.1) is 10.1 Å². The van der Waals surface area contributed by atoms with Crippen molar-refractivity contribution < 1.29 is 22.8 Å². The lowest BCUT2D eigenvalue weighted by Crippen LogP contribution is -2.17. The number of nitro benzene ring substituents is 1. The molecule has 1 aliphatic carbocycles. The number of hydrogen-bond donors (Lipinski definition) is 2. The van der Waals surface area contributed by atoms with E-state index in [4.69, 9.17) is 11.6 Å². The van der Waals surface area contributed by atoms with E-state index in [2.05, 4.69) is 25.3 Å². The smallest absolute Gasteiger partial charge is 0.406 e. The topological polar surface area (TPSA) is 102 Å². The molecule has 0 atom stereocenters. The number of rotatable bonds is 7. The average molecular weight is 466 g/mol. The van der Waals surface area contributed by atoms with Gasteiger partial charge in [0.1, 0.15) is 17.3 Å². The van der Waals surface area contributed by atoms with Gasteiger partial charge in [-0.05, 0) is 37.1 Å². The molecule has 0 radical (unpaired) electrons. The van der Waals surface area contributed by atoms with E-state index in [1.807, 2.05) is 0 Å². The second-order valence-electron chi connectivity index (χ2n) is 7.00. The Bertz CT molecular complexity index is 1170. The summed E-state index contributed by atoms with van der Waals surface area (Å²) in [4.78, 5) is 19.5. The minimum Gasteiger partial charge on any atom is -0.406 e. The molecule has 32 heavy (non-hydrogen) atoms. The molecule has 1 fully saturated rings. The molecule has 0 unspecified atom stereocenters. The monoisotopic (exact) mass is 465 g/mol. The molecule has 12 heteroatoms. The van der Waals surface area contributed by atoms with E-state index in [0.29, 0.717) is 11.3 Å². The van der Waals surface area contributed by atoms with Crippen molar-refractivity contribution in [3.05, 3.63) is 63.7 Å². The minimum absolute atomic E-state index is 0.110. The Hall–Kier alpha value is -3.60. The van der Waals surface area contributed by atoms with Crippen LogP contribution in [0.3, 0.4) is 0 Å². The van der Waals surface area contributed by atoms with Crippen molar-refractivity contribution >= 4 is 34.7 Å². The fourth-order valence-corrected chi connectivity index (χ4v) is 3.06. The Morgan fingerprint density at radius 2 is 1.91 bits per heavy atom. The van der Waals surface area contributed by atoms with Crippen molar-refractivity contribution in [1.82, 2.24) is 9.97 Å². The maximum atomic E-state index is 12.6. The number of ether oxygens (including phenoxy) is 1. The predicted molar refractivity (Wildman–Crippen MR) is 112 cm³/mol. The highest BCUT2D eigenvalue weighted by Gasteiger charge is 2.31. The van der Waals surface area contributed by atoms with Gasteiger partial charge in [0, 0.05) is 28.8 Å². The number of anilines is 3. The van der Waals surface area contributed by atoms with Gasteiger partial charge in [0.25, 0.3) is 5.69 Å². The number of hydrogen-bond acceptors (Lipinski definition) is 7. The molecular formula is C20H15ClF3N5O3. The molecule has 1 saturated carbocycles. The molecule has 4 rings (SSSR count). The van der Waals surface area contributed by atoms with Crippen LogP contribution in [-0.2, 0) is 0 Å². The van der Waals surface area contributed by atoms with Gasteiger partial charge in [-0.1, -0.05) is 23.7 Å². The van der Waals surface area contributed by atoms with Crippen molar-refractivity contribution in [2.45, 2.75) is 25.2 Å².